The van der Waals surface area contributed by atoms with Crippen LogP contribution in [0.1, 0.15) is 17.9 Å². The van der Waals surface area contributed by atoms with Crippen molar-refractivity contribution in [2.24, 2.45) is 0 Å². The second kappa shape index (κ2) is 3.94. The normalized spacial score (nSPS) is 18.2. The van der Waals surface area contributed by atoms with Crippen LogP contribution in [0.3, 0.4) is 0 Å². The molecule has 0 amide bonds. The van der Waals surface area contributed by atoms with E-state index in [0.29, 0.717) is 0 Å². The number of rotatable bonds is 3. The first kappa shape index (κ1) is 8.78. The van der Waals surface area contributed by atoms with Crippen LogP contribution in [-0.2, 0) is 15.9 Å². The third-order valence-corrected chi connectivity index (χ3v) is 2.11. The van der Waals surface area contributed by atoms with Gasteiger partial charge in [-0.25, -0.2) is 0 Å². The van der Waals surface area contributed by atoms with E-state index in [4.69, 9.17) is 13.9 Å². The molecule has 0 spiro atoms. The molecule has 2 rings (SSSR count). The lowest BCUT2D eigenvalue weighted by Crippen LogP contribution is -2.08. The smallest absolute Gasteiger partial charge is 0.158 e. The predicted molar refractivity (Wildman–Crippen MR) is 47.5 cm³/mol. The lowest BCUT2D eigenvalue weighted by molar-refractivity contribution is -0.0469. The number of furan rings is 1. The highest BCUT2D eigenvalue weighted by molar-refractivity contribution is 5.05. The predicted octanol–water partition coefficient (Wildman–Crippen LogP) is 1.89. The van der Waals surface area contributed by atoms with E-state index in [-0.39, 0.29) is 6.29 Å². The Bertz CT molecular complexity index is 261. The van der Waals surface area contributed by atoms with Gasteiger partial charge in [0.05, 0.1) is 13.2 Å². The van der Waals surface area contributed by atoms with Crippen LogP contribution >= 0.6 is 0 Å². The van der Waals surface area contributed by atoms with Gasteiger partial charge in [0.1, 0.15) is 11.5 Å². The molecule has 1 aliphatic rings. The van der Waals surface area contributed by atoms with Crippen molar-refractivity contribution < 1.29 is 13.9 Å². The molecule has 1 fully saturated rings. The molecule has 0 bridgehead atoms. The third kappa shape index (κ3) is 2.32. The van der Waals surface area contributed by atoms with Crippen molar-refractivity contribution in [3.05, 3.63) is 23.7 Å². The topological polar surface area (TPSA) is 31.6 Å². The molecular formula is C10H14O3. The van der Waals surface area contributed by atoms with Crippen molar-refractivity contribution in [3.63, 3.8) is 0 Å². The van der Waals surface area contributed by atoms with Gasteiger partial charge in [0.2, 0.25) is 0 Å². The Balaban J connectivity index is 1.78. The van der Waals surface area contributed by atoms with Gasteiger partial charge in [-0.1, -0.05) is 0 Å². The Morgan fingerprint density at radius 3 is 2.69 bits per heavy atom. The second-order valence-corrected chi connectivity index (χ2v) is 3.22. The highest BCUT2D eigenvalue weighted by atomic mass is 16.7. The van der Waals surface area contributed by atoms with Crippen molar-refractivity contribution >= 4 is 0 Å². The Labute approximate surface area is 77.6 Å². The number of aryl methyl sites for hydroxylation is 2. The molecule has 1 aromatic rings. The number of ether oxygens (including phenoxy) is 2. The largest absolute Gasteiger partial charge is 0.466 e. The van der Waals surface area contributed by atoms with Crippen LogP contribution in [0.5, 0.6) is 0 Å². The maximum absolute atomic E-state index is 5.43. The molecule has 72 valence electrons. The molecule has 0 atom stereocenters. The summed E-state index contributed by atoms with van der Waals surface area (Å²) < 4.78 is 16.1. The van der Waals surface area contributed by atoms with Crippen LogP contribution in [0.2, 0.25) is 0 Å². The van der Waals surface area contributed by atoms with Crippen LogP contribution in [-0.4, -0.2) is 19.5 Å². The Hall–Kier alpha value is -0.800. The zero-order chi connectivity index (χ0) is 9.10. The Kier molecular flexibility index (Phi) is 2.66. The van der Waals surface area contributed by atoms with Crippen LogP contribution in [0.15, 0.2) is 16.5 Å². The summed E-state index contributed by atoms with van der Waals surface area (Å²) in [5, 5.41) is 0. The summed E-state index contributed by atoms with van der Waals surface area (Å²) in [4.78, 5) is 0. The van der Waals surface area contributed by atoms with Gasteiger partial charge < -0.3 is 13.9 Å². The van der Waals surface area contributed by atoms with E-state index in [1.165, 1.54) is 0 Å². The fraction of sp³-hybridized carbons (Fsp3) is 0.600. The molecule has 3 heteroatoms. The lowest BCUT2D eigenvalue weighted by atomic mass is 10.2. The zero-order valence-corrected chi connectivity index (χ0v) is 7.79. The number of hydrogen-bond acceptors (Lipinski definition) is 3. The highest BCUT2D eigenvalue weighted by Crippen LogP contribution is 2.14. The molecule has 2 heterocycles. The lowest BCUT2D eigenvalue weighted by Gasteiger charge is -2.06. The molecular weight excluding hydrogens is 168 g/mol. The first-order valence-corrected chi connectivity index (χ1v) is 4.63. The Morgan fingerprint density at radius 1 is 1.31 bits per heavy atom. The van der Waals surface area contributed by atoms with Gasteiger partial charge in [-0.15, -0.1) is 0 Å². The molecule has 3 nitrogen and oxygen atoms in total. The molecule has 13 heavy (non-hydrogen) atoms. The first-order valence-electron chi connectivity index (χ1n) is 4.63. The van der Waals surface area contributed by atoms with Gasteiger partial charge in [-0.2, -0.15) is 0 Å². The molecule has 0 radical (unpaired) electrons. The minimum atomic E-state index is -0.0228. The minimum absolute atomic E-state index is 0.0228. The van der Waals surface area contributed by atoms with Crippen LogP contribution < -0.4 is 0 Å². The highest BCUT2D eigenvalue weighted by Gasteiger charge is 2.15. The van der Waals surface area contributed by atoms with Crippen molar-refractivity contribution in [2.75, 3.05) is 13.2 Å². The molecule has 0 unspecified atom stereocenters. The van der Waals surface area contributed by atoms with Crippen LogP contribution in [0, 0.1) is 6.92 Å². The molecule has 1 saturated heterocycles. The summed E-state index contributed by atoms with van der Waals surface area (Å²) in [6.07, 6.45) is 1.75. The summed E-state index contributed by atoms with van der Waals surface area (Å²) in [5.41, 5.74) is 0. The fourth-order valence-electron chi connectivity index (χ4n) is 1.45. The van der Waals surface area contributed by atoms with Gasteiger partial charge in [-0.05, 0) is 19.1 Å². The average Bonchev–Trinajstić information content (AvgIpc) is 2.71. The summed E-state index contributed by atoms with van der Waals surface area (Å²) in [6, 6.07) is 3.98. The van der Waals surface area contributed by atoms with Crippen molar-refractivity contribution in [3.8, 4) is 0 Å². The molecule has 1 aromatic heterocycles. The van der Waals surface area contributed by atoms with Crippen molar-refractivity contribution in [1.82, 2.24) is 0 Å². The maximum atomic E-state index is 5.43. The first-order chi connectivity index (χ1) is 6.34. The van der Waals surface area contributed by atoms with Crippen molar-refractivity contribution in [1.29, 1.82) is 0 Å². The average molecular weight is 182 g/mol. The summed E-state index contributed by atoms with van der Waals surface area (Å²) in [7, 11) is 0. The van der Waals surface area contributed by atoms with Gasteiger partial charge in [0, 0.05) is 12.8 Å². The standard InChI is InChI=1S/C10H14O3/c1-8-2-3-9(13-8)4-5-10-11-6-7-12-10/h2-3,10H,4-7H2,1H3. The molecule has 0 saturated carbocycles. The third-order valence-electron chi connectivity index (χ3n) is 2.11. The summed E-state index contributed by atoms with van der Waals surface area (Å²) >= 11 is 0. The van der Waals surface area contributed by atoms with Crippen LogP contribution in [0.25, 0.3) is 0 Å². The van der Waals surface area contributed by atoms with E-state index in [1.54, 1.807) is 0 Å². The molecule has 1 aliphatic heterocycles. The van der Waals surface area contributed by atoms with E-state index in [0.717, 1.165) is 37.6 Å². The van der Waals surface area contributed by atoms with E-state index in [1.807, 2.05) is 19.1 Å². The SMILES string of the molecule is Cc1ccc(CCC2OCCO2)o1. The summed E-state index contributed by atoms with van der Waals surface area (Å²) in [6.45, 7) is 3.40. The van der Waals surface area contributed by atoms with E-state index < -0.39 is 0 Å². The fourth-order valence-corrected chi connectivity index (χ4v) is 1.45. The van der Waals surface area contributed by atoms with E-state index in [9.17, 15) is 0 Å². The van der Waals surface area contributed by atoms with Gasteiger partial charge in [0.25, 0.3) is 0 Å². The van der Waals surface area contributed by atoms with E-state index in [2.05, 4.69) is 0 Å². The number of hydrogen-bond donors (Lipinski definition) is 0. The zero-order valence-electron chi connectivity index (χ0n) is 7.79. The summed E-state index contributed by atoms with van der Waals surface area (Å²) in [5.74, 6) is 1.97. The maximum Gasteiger partial charge on any atom is 0.158 e. The second-order valence-electron chi connectivity index (χ2n) is 3.22. The van der Waals surface area contributed by atoms with Crippen LogP contribution in [0.4, 0.5) is 0 Å². The van der Waals surface area contributed by atoms with Gasteiger partial charge in [-0.3, -0.25) is 0 Å². The van der Waals surface area contributed by atoms with E-state index >= 15 is 0 Å². The quantitative estimate of drug-likeness (QED) is 0.715. The van der Waals surface area contributed by atoms with Gasteiger partial charge >= 0.3 is 0 Å². The Morgan fingerprint density at radius 2 is 2.08 bits per heavy atom. The molecule has 0 aromatic carbocycles. The minimum Gasteiger partial charge on any atom is -0.466 e. The monoisotopic (exact) mass is 182 g/mol. The molecule has 0 aliphatic carbocycles. The molecule has 0 N–H and O–H groups in total. The van der Waals surface area contributed by atoms with Crippen molar-refractivity contribution in [2.45, 2.75) is 26.1 Å². The van der Waals surface area contributed by atoms with Gasteiger partial charge in [0.15, 0.2) is 6.29 Å².